The normalized spacial score (nSPS) is 13.1. The lowest BCUT2D eigenvalue weighted by molar-refractivity contribution is 0.590. The zero-order valence-electron chi connectivity index (χ0n) is 6.48. The van der Waals surface area contributed by atoms with E-state index in [0.29, 0.717) is 5.92 Å². The summed E-state index contributed by atoms with van der Waals surface area (Å²) in [7, 11) is 0. The fourth-order valence-electron chi connectivity index (χ4n) is 0.590. The SMILES string of the molecule is C=CC(C)CNCCC. The summed E-state index contributed by atoms with van der Waals surface area (Å²) in [5, 5.41) is 3.31. The summed E-state index contributed by atoms with van der Waals surface area (Å²) in [5.41, 5.74) is 0. The first-order valence-corrected chi connectivity index (χ1v) is 3.64. The summed E-state index contributed by atoms with van der Waals surface area (Å²) in [6.07, 6.45) is 3.19. The monoisotopic (exact) mass is 127 g/mol. The van der Waals surface area contributed by atoms with E-state index < -0.39 is 0 Å². The number of hydrogen-bond donors (Lipinski definition) is 1. The molecule has 1 N–H and O–H groups in total. The van der Waals surface area contributed by atoms with Crippen molar-refractivity contribution in [3.8, 4) is 0 Å². The largest absolute Gasteiger partial charge is 0.316 e. The Morgan fingerprint density at radius 3 is 2.78 bits per heavy atom. The van der Waals surface area contributed by atoms with Gasteiger partial charge >= 0.3 is 0 Å². The van der Waals surface area contributed by atoms with Crippen LogP contribution >= 0.6 is 0 Å². The summed E-state index contributed by atoms with van der Waals surface area (Å²) in [5.74, 6) is 0.608. The van der Waals surface area contributed by atoms with E-state index in [1.165, 1.54) is 6.42 Å². The van der Waals surface area contributed by atoms with Crippen molar-refractivity contribution >= 4 is 0 Å². The van der Waals surface area contributed by atoms with Crippen molar-refractivity contribution in [3.05, 3.63) is 12.7 Å². The van der Waals surface area contributed by atoms with Crippen molar-refractivity contribution in [3.63, 3.8) is 0 Å². The van der Waals surface area contributed by atoms with Gasteiger partial charge in [-0.05, 0) is 18.9 Å². The molecule has 0 fully saturated rings. The molecule has 54 valence electrons. The fourth-order valence-corrected chi connectivity index (χ4v) is 0.590. The standard InChI is InChI=1S/C8H17N/c1-4-6-9-7-8(3)5-2/h5,8-9H,2,4,6-7H2,1,3H3. The molecule has 0 radical (unpaired) electrons. The van der Waals surface area contributed by atoms with Crippen molar-refractivity contribution in [2.75, 3.05) is 13.1 Å². The van der Waals surface area contributed by atoms with Gasteiger partial charge < -0.3 is 5.32 Å². The summed E-state index contributed by atoms with van der Waals surface area (Å²) < 4.78 is 0. The molecule has 0 heterocycles. The van der Waals surface area contributed by atoms with E-state index >= 15 is 0 Å². The zero-order valence-corrected chi connectivity index (χ0v) is 6.48. The van der Waals surface area contributed by atoms with Crippen LogP contribution in [0.5, 0.6) is 0 Å². The minimum atomic E-state index is 0.608. The highest BCUT2D eigenvalue weighted by Gasteiger charge is 1.91. The Kier molecular flexibility index (Phi) is 5.64. The van der Waals surface area contributed by atoms with E-state index in [1.807, 2.05) is 6.08 Å². The molecule has 1 unspecified atom stereocenters. The van der Waals surface area contributed by atoms with Crippen molar-refractivity contribution in [2.45, 2.75) is 20.3 Å². The van der Waals surface area contributed by atoms with E-state index in [2.05, 4.69) is 25.7 Å². The molecule has 0 aliphatic rings. The van der Waals surface area contributed by atoms with Crippen LogP contribution < -0.4 is 5.32 Å². The van der Waals surface area contributed by atoms with E-state index in [4.69, 9.17) is 0 Å². The van der Waals surface area contributed by atoms with E-state index in [0.717, 1.165) is 13.1 Å². The maximum Gasteiger partial charge on any atom is 0.00114 e. The molecule has 1 heteroatoms. The summed E-state index contributed by atoms with van der Waals surface area (Å²) in [6.45, 7) is 10.2. The molecule has 0 spiro atoms. The Morgan fingerprint density at radius 2 is 2.33 bits per heavy atom. The van der Waals surface area contributed by atoms with Crippen LogP contribution in [0.4, 0.5) is 0 Å². The Labute approximate surface area is 58.2 Å². The molecule has 0 aromatic heterocycles. The number of nitrogens with one attached hydrogen (secondary N) is 1. The first kappa shape index (κ1) is 8.70. The minimum Gasteiger partial charge on any atom is -0.316 e. The van der Waals surface area contributed by atoms with Crippen molar-refractivity contribution < 1.29 is 0 Å². The van der Waals surface area contributed by atoms with Crippen molar-refractivity contribution in [1.29, 1.82) is 0 Å². The Bertz CT molecular complexity index is 69.0. The smallest absolute Gasteiger partial charge is 0.00114 e. The Hall–Kier alpha value is -0.300. The van der Waals surface area contributed by atoms with Crippen molar-refractivity contribution in [2.24, 2.45) is 5.92 Å². The molecular formula is C8H17N. The Balaban J connectivity index is 2.96. The average molecular weight is 127 g/mol. The van der Waals surface area contributed by atoms with Gasteiger partial charge in [-0.25, -0.2) is 0 Å². The molecule has 0 saturated heterocycles. The summed E-state index contributed by atoms with van der Waals surface area (Å²) in [4.78, 5) is 0. The second-order valence-corrected chi connectivity index (χ2v) is 2.42. The molecule has 1 atom stereocenters. The number of hydrogen-bond acceptors (Lipinski definition) is 1. The van der Waals surface area contributed by atoms with Crippen LogP contribution in [-0.4, -0.2) is 13.1 Å². The van der Waals surface area contributed by atoms with Crippen LogP contribution in [0.3, 0.4) is 0 Å². The highest BCUT2D eigenvalue weighted by molar-refractivity contribution is 4.76. The van der Waals surface area contributed by atoms with Gasteiger partial charge in [0.15, 0.2) is 0 Å². The molecule has 9 heavy (non-hydrogen) atoms. The predicted molar refractivity (Wildman–Crippen MR) is 42.5 cm³/mol. The molecule has 0 rings (SSSR count). The van der Waals surface area contributed by atoms with Gasteiger partial charge in [0.05, 0.1) is 0 Å². The van der Waals surface area contributed by atoms with Crippen molar-refractivity contribution in [1.82, 2.24) is 5.32 Å². The molecule has 0 amide bonds. The van der Waals surface area contributed by atoms with Crippen LogP contribution in [0.25, 0.3) is 0 Å². The quantitative estimate of drug-likeness (QED) is 0.438. The Morgan fingerprint density at radius 1 is 1.67 bits per heavy atom. The van der Waals surface area contributed by atoms with Gasteiger partial charge in [0.2, 0.25) is 0 Å². The molecule has 0 aromatic rings. The van der Waals surface area contributed by atoms with E-state index in [9.17, 15) is 0 Å². The highest BCUT2D eigenvalue weighted by Crippen LogP contribution is 1.90. The first-order chi connectivity index (χ1) is 4.31. The lowest BCUT2D eigenvalue weighted by Gasteiger charge is -2.05. The van der Waals surface area contributed by atoms with Crippen LogP contribution in [0.2, 0.25) is 0 Å². The lowest BCUT2D eigenvalue weighted by atomic mass is 10.2. The van der Waals surface area contributed by atoms with Gasteiger partial charge in [-0.2, -0.15) is 0 Å². The van der Waals surface area contributed by atoms with E-state index in [-0.39, 0.29) is 0 Å². The predicted octanol–water partition coefficient (Wildman–Crippen LogP) is 1.81. The van der Waals surface area contributed by atoms with E-state index in [1.54, 1.807) is 0 Å². The van der Waals surface area contributed by atoms with Gasteiger partial charge in [0, 0.05) is 6.54 Å². The van der Waals surface area contributed by atoms with Gasteiger partial charge in [0.25, 0.3) is 0 Å². The zero-order chi connectivity index (χ0) is 7.11. The molecule has 0 bridgehead atoms. The van der Waals surface area contributed by atoms with Gasteiger partial charge in [-0.15, -0.1) is 6.58 Å². The second kappa shape index (κ2) is 5.83. The first-order valence-electron chi connectivity index (χ1n) is 3.64. The minimum absolute atomic E-state index is 0.608. The topological polar surface area (TPSA) is 12.0 Å². The van der Waals surface area contributed by atoms with Gasteiger partial charge in [0.1, 0.15) is 0 Å². The third-order valence-corrected chi connectivity index (χ3v) is 1.30. The maximum absolute atomic E-state index is 3.70. The highest BCUT2D eigenvalue weighted by atomic mass is 14.8. The van der Waals surface area contributed by atoms with Crippen LogP contribution in [0, 0.1) is 5.92 Å². The number of rotatable bonds is 5. The fraction of sp³-hybridized carbons (Fsp3) is 0.750. The second-order valence-electron chi connectivity index (χ2n) is 2.42. The third kappa shape index (κ3) is 5.57. The van der Waals surface area contributed by atoms with Gasteiger partial charge in [-0.1, -0.05) is 19.9 Å². The molecular weight excluding hydrogens is 110 g/mol. The third-order valence-electron chi connectivity index (χ3n) is 1.30. The molecule has 0 aliphatic carbocycles. The molecule has 0 aliphatic heterocycles. The van der Waals surface area contributed by atoms with Crippen LogP contribution in [0.1, 0.15) is 20.3 Å². The summed E-state index contributed by atoms with van der Waals surface area (Å²) in [6, 6.07) is 0. The lowest BCUT2D eigenvalue weighted by Crippen LogP contribution is -2.20. The summed E-state index contributed by atoms with van der Waals surface area (Å²) >= 11 is 0. The molecule has 0 saturated carbocycles. The molecule has 0 aromatic carbocycles. The van der Waals surface area contributed by atoms with Crippen LogP contribution in [-0.2, 0) is 0 Å². The maximum atomic E-state index is 3.70. The molecule has 1 nitrogen and oxygen atoms in total. The van der Waals surface area contributed by atoms with Gasteiger partial charge in [-0.3, -0.25) is 0 Å². The van der Waals surface area contributed by atoms with Crippen LogP contribution in [0.15, 0.2) is 12.7 Å². The average Bonchev–Trinajstić information content (AvgIpc) is 1.89.